The van der Waals surface area contributed by atoms with Crippen LogP contribution in [-0.4, -0.2) is 65.2 Å². The summed E-state index contributed by atoms with van der Waals surface area (Å²) < 4.78 is 0. The van der Waals surface area contributed by atoms with Gasteiger partial charge in [-0.25, -0.2) is 0 Å². The maximum absolute atomic E-state index is 13.1. The molecule has 6 nitrogen and oxygen atoms in total. The van der Waals surface area contributed by atoms with Gasteiger partial charge in [-0.3, -0.25) is 9.69 Å². The predicted octanol–water partition coefficient (Wildman–Crippen LogP) is 2.35. The molecule has 1 aromatic heterocycles. The zero-order chi connectivity index (χ0) is 19.3. The number of benzene rings is 1. The van der Waals surface area contributed by atoms with Crippen LogP contribution >= 0.6 is 0 Å². The standard InChI is InChI=1S/C22H29N5O/c1-18-9-10-21(24-23-18)27-11-5-8-20(17-27)22(28)26-14-12-25(13-15-26)16-19-6-3-2-4-7-19/h2-4,6-7,9-10,20H,5,8,11-17H2,1H3. The van der Waals surface area contributed by atoms with Crippen LogP contribution < -0.4 is 4.90 Å². The van der Waals surface area contributed by atoms with Gasteiger partial charge in [-0.2, -0.15) is 5.10 Å². The molecule has 2 aliphatic rings. The molecule has 2 aliphatic heterocycles. The van der Waals surface area contributed by atoms with Crippen LogP contribution in [0.5, 0.6) is 0 Å². The predicted molar refractivity (Wildman–Crippen MR) is 110 cm³/mol. The molecule has 1 aromatic carbocycles. The molecule has 4 rings (SSSR count). The third kappa shape index (κ3) is 4.50. The lowest BCUT2D eigenvalue weighted by Crippen LogP contribution is -2.52. The molecule has 0 saturated carbocycles. The van der Waals surface area contributed by atoms with Crippen molar-refractivity contribution in [3.63, 3.8) is 0 Å². The molecule has 1 amide bonds. The molecule has 0 N–H and O–H groups in total. The molecule has 6 heteroatoms. The van der Waals surface area contributed by atoms with Crippen molar-refractivity contribution in [3.8, 4) is 0 Å². The molecule has 0 spiro atoms. The van der Waals surface area contributed by atoms with Gasteiger partial charge in [0.25, 0.3) is 0 Å². The molecule has 1 unspecified atom stereocenters. The maximum atomic E-state index is 13.1. The Balaban J connectivity index is 1.30. The monoisotopic (exact) mass is 379 g/mol. The Bertz CT molecular complexity index is 771. The fraction of sp³-hybridized carbons (Fsp3) is 0.500. The van der Waals surface area contributed by atoms with Gasteiger partial charge in [0.05, 0.1) is 11.6 Å². The highest BCUT2D eigenvalue weighted by molar-refractivity contribution is 5.80. The summed E-state index contributed by atoms with van der Waals surface area (Å²) >= 11 is 0. The summed E-state index contributed by atoms with van der Waals surface area (Å²) in [5.74, 6) is 1.26. The molecule has 0 aliphatic carbocycles. The van der Waals surface area contributed by atoms with Gasteiger partial charge in [0.15, 0.2) is 5.82 Å². The molecule has 3 heterocycles. The topological polar surface area (TPSA) is 52.6 Å². The zero-order valence-corrected chi connectivity index (χ0v) is 16.6. The van der Waals surface area contributed by atoms with Crippen molar-refractivity contribution in [3.05, 3.63) is 53.7 Å². The molecule has 2 fully saturated rings. The van der Waals surface area contributed by atoms with Crippen LogP contribution in [0.25, 0.3) is 0 Å². The normalized spacial score (nSPS) is 21.0. The van der Waals surface area contributed by atoms with Gasteiger partial charge in [-0.1, -0.05) is 30.3 Å². The zero-order valence-electron chi connectivity index (χ0n) is 16.6. The maximum Gasteiger partial charge on any atom is 0.227 e. The van der Waals surface area contributed by atoms with Crippen LogP contribution in [0.4, 0.5) is 5.82 Å². The second-order valence-electron chi connectivity index (χ2n) is 7.91. The molecule has 0 bridgehead atoms. The van der Waals surface area contributed by atoms with E-state index in [-0.39, 0.29) is 5.92 Å². The van der Waals surface area contributed by atoms with E-state index in [0.717, 1.165) is 70.2 Å². The minimum Gasteiger partial charge on any atom is -0.354 e. The van der Waals surface area contributed by atoms with Gasteiger partial charge in [0.1, 0.15) is 0 Å². The van der Waals surface area contributed by atoms with Crippen LogP contribution in [0.1, 0.15) is 24.1 Å². The second kappa shape index (κ2) is 8.69. The Hall–Kier alpha value is -2.47. The molecular formula is C22H29N5O. The van der Waals surface area contributed by atoms with Gasteiger partial charge in [0, 0.05) is 45.8 Å². The summed E-state index contributed by atoms with van der Waals surface area (Å²) in [6.45, 7) is 8.15. The Labute approximate surface area is 167 Å². The lowest BCUT2D eigenvalue weighted by atomic mass is 9.96. The number of aryl methyl sites for hydroxylation is 1. The van der Waals surface area contributed by atoms with E-state index in [4.69, 9.17) is 0 Å². The second-order valence-corrected chi connectivity index (χ2v) is 7.91. The van der Waals surface area contributed by atoms with Crippen molar-refractivity contribution in [1.29, 1.82) is 0 Å². The highest BCUT2D eigenvalue weighted by atomic mass is 16.2. The smallest absolute Gasteiger partial charge is 0.227 e. The van der Waals surface area contributed by atoms with Crippen molar-refractivity contribution >= 4 is 11.7 Å². The number of carbonyl (C=O) groups excluding carboxylic acids is 1. The van der Waals surface area contributed by atoms with Gasteiger partial charge in [-0.05, 0) is 37.5 Å². The van der Waals surface area contributed by atoms with E-state index in [9.17, 15) is 4.79 Å². The van der Waals surface area contributed by atoms with E-state index < -0.39 is 0 Å². The van der Waals surface area contributed by atoms with E-state index in [1.807, 2.05) is 19.1 Å². The average Bonchev–Trinajstić information content (AvgIpc) is 2.75. The number of aromatic nitrogens is 2. The van der Waals surface area contributed by atoms with Crippen LogP contribution in [0.2, 0.25) is 0 Å². The summed E-state index contributed by atoms with van der Waals surface area (Å²) in [6.07, 6.45) is 2.00. The largest absolute Gasteiger partial charge is 0.354 e. The SMILES string of the molecule is Cc1ccc(N2CCCC(C(=O)N3CCN(Cc4ccccc4)CC3)C2)nn1. The van der Waals surface area contributed by atoms with Crippen molar-refractivity contribution in [2.45, 2.75) is 26.3 Å². The quantitative estimate of drug-likeness (QED) is 0.816. The number of piperidine rings is 1. The lowest BCUT2D eigenvalue weighted by Gasteiger charge is -2.39. The molecular weight excluding hydrogens is 350 g/mol. The van der Waals surface area contributed by atoms with Crippen molar-refractivity contribution < 1.29 is 4.79 Å². The van der Waals surface area contributed by atoms with E-state index in [2.05, 4.69) is 55.2 Å². The van der Waals surface area contributed by atoms with Crippen molar-refractivity contribution in [1.82, 2.24) is 20.0 Å². The first-order chi connectivity index (χ1) is 13.7. The lowest BCUT2D eigenvalue weighted by molar-refractivity contribution is -0.137. The third-order valence-corrected chi connectivity index (χ3v) is 5.81. The number of piperazine rings is 1. The van der Waals surface area contributed by atoms with Gasteiger partial charge in [0.2, 0.25) is 5.91 Å². The van der Waals surface area contributed by atoms with Crippen molar-refractivity contribution in [2.24, 2.45) is 5.92 Å². The summed E-state index contributed by atoms with van der Waals surface area (Å²) in [7, 11) is 0. The first-order valence-electron chi connectivity index (χ1n) is 10.3. The van der Waals surface area contributed by atoms with E-state index in [0.29, 0.717) is 5.91 Å². The van der Waals surface area contributed by atoms with Crippen LogP contribution in [0, 0.1) is 12.8 Å². The minimum absolute atomic E-state index is 0.0672. The van der Waals surface area contributed by atoms with Crippen LogP contribution in [0.15, 0.2) is 42.5 Å². The van der Waals surface area contributed by atoms with Gasteiger partial charge < -0.3 is 9.80 Å². The Morgan fingerprint density at radius 1 is 1.00 bits per heavy atom. The fourth-order valence-electron chi connectivity index (χ4n) is 4.17. The Morgan fingerprint density at radius 2 is 1.79 bits per heavy atom. The third-order valence-electron chi connectivity index (χ3n) is 5.81. The molecule has 2 aromatic rings. The first kappa shape index (κ1) is 18.9. The summed E-state index contributed by atoms with van der Waals surface area (Å²) in [6, 6.07) is 14.6. The average molecular weight is 380 g/mol. The Kier molecular flexibility index (Phi) is 5.86. The number of carbonyl (C=O) groups is 1. The number of amides is 1. The molecule has 148 valence electrons. The number of anilines is 1. The highest BCUT2D eigenvalue weighted by Crippen LogP contribution is 2.23. The minimum atomic E-state index is 0.0672. The summed E-state index contributed by atoms with van der Waals surface area (Å²) in [4.78, 5) is 19.8. The first-order valence-corrected chi connectivity index (χ1v) is 10.3. The molecule has 0 radical (unpaired) electrons. The molecule has 28 heavy (non-hydrogen) atoms. The van der Waals surface area contributed by atoms with E-state index >= 15 is 0 Å². The van der Waals surface area contributed by atoms with Gasteiger partial charge >= 0.3 is 0 Å². The molecule has 2 saturated heterocycles. The number of nitrogens with zero attached hydrogens (tertiary/aromatic N) is 5. The van der Waals surface area contributed by atoms with Crippen LogP contribution in [0.3, 0.4) is 0 Å². The fourth-order valence-corrected chi connectivity index (χ4v) is 4.17. The number of hydrogen-bond donors (Lipinski definition) is 0. The van der Waals surface area contributed by atoms with E-state index in [1.54, 1.807) is 0 Å². The number of hydrogen-bond acceptors (Lipinski definition) is 5. The Morgan fingerprint density at radius 3 is 2.50 bits per heavy atom. The van der Waals surface area contributed by atoms with E-state index in [1.165, 1.54) is 5.56 Å². The summed E-state index contributed by atoms with van der Waals surface area (Å²) in [5, 5.41) is 8.47. The summed E-state index contributed by atoms with van der Waals surface area (Å²) in [5.41, 5.74) is 2.26. The number of rotatable bonds is 4. The van der Waals surface area contributed by atoms with Crippen LogP contribution in [-0.2, 0) is 11.3 Å². The van der Waals surface area contributed by atoms with Gasteiger partial charge in [-0.15, -0.1) is 5.10 Å². The molecule has 1 atom stereocenters. The van der Waals surface area contributed by atoms with Crippen molar-refractivity contribution in [2.75, 3.05) is 44.2 Å². The highest BCUT2D eigenvalue weighted by Gasteiger charge is 2.31.